The first-order chi connectivity index (χ1) is 20.8. The van der Waals surface area contributed by atoms with Gasteiger partial charge in [-0.3, -0.25) is 4.79 Å². The fourth-order valence-electron chi connectivity index (χ4n) is 7.34. The number of aromatic nitrogens is 4. The maximum atomic E-state index is 14.2. The molecule has 3 aromatic heterocycles. The van der Waals surface area contributed by atoms with Crippen molar-refractivity contribution >= 4 is 51.2 Å². The van der Waals surface area contributed by atoms with Gasteiger partial charge in [-0.2, -0.15) is 0 Å². The van der Waals surface area contributed by atoms with Crippen molar-refractivity contribution < 1.29 is 14.7 Å². The van der Waals surface area contributed by atoms with Gasteiger partial charge in [-0.1, -0.05) is 25.0 Å². The molecule has 0 atom stereocenters. The molecule has 2 aromatic carbocycles. The van der Waals surface area contributed by atoms with E-state index in [4.69, 9.17) is 10.1 Å². The molecular weight excluding hydrogens is 558 g/mol. The molecule has 2 aliphatic rings. The summed E-state index contributed by atoms with van der Waals surface area (Å²) in [5.74, 6) is 0.373. The SMILES string of the molecule is CN(C(=O)c1ccc2c(C3CCCC3)c(-c3nccs3)n(C)c2c1)C1(c2nc3cc(/C=C/C(=O)O)ccc3n2C)CCC1. The molecule has 7 rings (SSSR count). The second kappa shape index (κ2) is 10.5. The normalized spacial score (nSPS) is 16.8. The number of hydrogen-bond donors (Lipinski definition) is 1. The van der Waals surface area contributed by atoms with Gasteiger partial charge in [0.05, 0.1) is 16.7 Å². The minimum absolute atomic E-state index is 0.0156. The molecule has 43 heavy (non-hydrogen) atoms. The number of carbonyl (C=O) groups is 2. The number of amides is 1. The van der Waals surface area contributed by atoms with E-state index in [0.717, 1.165) is 58.3 Å². The number of imidazole rings is 1. The first kappa shape index (κ1) is 27.6. The van der Waals surface area contributed by atoms with Crippen LogP contribution in [0.15, 0.2) is 54.1 Å². The molecule has 0 bridgehead atoms. The highest BCUT2D eigenvalue weighted by atomic mass is 32.1. The Morgan fingerprint density at radius 3 is 2.51 bits per heavy atom. The van der Waals surface area contributed by atoms with Crippen molar-refractivity contribution in [3.63, 3.8) is 0 Å². The van der Waals surface area contributed by atoms with Crippen LogP contribution in [-0.4, -0.2) is 48.0 Å². The number of fused-ring (bicyclic) bond motifs is 2. The molecule has 0 radical (unpaired) electrons. The molecule has 0 aliphatic heterocycles. The Hall–Kier alpha value is -4.24. The highest BCUT2D eigenvalue weighted by molar-refractivity contribution is 7.13. The van der Waals surface area contributed by atoms with Crippen molar-refractivity contribution in [2.24, 2.45) is 14.1 Å². The van der Waals surface area contributed by atoms with Gasteiger partial charge in [0.2, 0.25) is 0 Å². The number of carbonyl (C=O) groups excluding carboxylic acids is 1. The molecular formula is C34H35N5O3S. The molecule has 1 N–H and O–H groups in total. The predicted molar refractivity (Wildman–Crippen MR) is 170 cm³/mol. The van der Waals surface area contributed by atoms with Crippen molar-refractivity contribution in [1.29, 1.82) is 0 Å². The summed E-state index contributed by atoms with van der Waals surface area (Å²) in [5, 5.41) is 13.3. The van der Waals surface area contributed by atoms with Crippen LogP contribution in [-0.2, 0) is 24.4 Å². The fraction of sp³-hybridized carbons (Fsp3) is 0.353. The van der Waals surface area contributed by atoms with Crippen molar-refractivity contribution in [2.45, 2.75) is 56.4 Å². The van der Waals surface area contributed by atoms with E-state index < -0.39 is 11.5 Å². The maximum absolute atomic E-state index is 14.2. The number of carboxylic acid groups (broad SMARTS) is 1. The number of carboxylic acids is 1. The smallest absolute Gasteiger partial charge is 0.328 e. The number of thiazole rings is 1. The van der Waals surface area contributed by atoms with Crippen LogP contribution in [0.2, 0.25) is 0 Å². The largest absolute Gasteiger partial charge is 0.478 e. The third-order valence-electron chi connectivity index (χ3n) is 9.75. The highest BCUT2D eigenvalue weighted by Gasteiger charge is 2.48. The molecule has 8 nitrogen and oxygen atoms in total. The van der Waals surface area contributed by atoms with E-state index in [1.165, 1.54) is 42.3 Å². The van der Waals surface area contributed by atoms with E-state index in [1.807, 2.05) is 54.8 Å². The first-order valence-electron chi connectivity index (χ1n) is 15.0. The molecule has 0 spiro atoms. The third-order valence-corrected chi connectivity index (χ3v) is 10.5. The van der Waals surface area contributed by atoms with Crippen LogP contribution in [0.1, 0.15) is 78.2 Å². The average Bonchev–Trinajstić information content (AvgIpc) is 3.79. The Balaban J connectivity index is 1.27. The van der Waals surface area contributed by atoms with Crippen LogP contribution in [0.3, 0.4) is 0 Å². The predicted octanol–water partition coefficient (Wildman–Crippen LogP) is 7.10. The van der Waals surface area contributed by atoms with Gasteiger partial charge >= 0.3 is 5.97 Å². The zero-order valence-electron chi connectivity index (χ0n) is 24.7. The van der Waals surface area contributed by atoms with Gasteiger partial charge in [-0.15, -0.1) is 11.3 Å². The van der Waals surface area contributed by atoms with Crippen molar-refractivity contribution in [3.05, 3.63) is 76.6 Å². The van der Waals surface area contributed by atoms with Gasteiger partial charge in [0.25, 0.3) is 5.91 Å². The summed E-state index contributed by atoms with van der Waals surface area (Å²) in [4.78, 5) is 36.8. The summed E-state index contributed by atoms with van der Waals surface area (Å²) in [5.41, 5.74) is 6.31. The van der Waals surface area contributed by atoms with E-state index in [0.29, 0.717) is 11.5 Å². The number of benzene rings is 2. The first-order valence-corrected chi connectivity index (χ1v) is 15.8. The van der Waals surface area contributed by atoms with Crippen LogP contribution in [0, 0.1) is 0 Å². The number of aryl methyl sites for hydroxylation is 2. The van der Waals surface area contributed by atoms with Gasteiger partial charge in [0.1, 0.15) is 16.4 Å². The van der Waals surface area contributed by atoms with Gasteiger partial charge < -0.3 is 19.1 Å². The molecule has 1 amide bonds. The van der Waals surface area contributed by atoms with Crippen LogP contribution in [0.4, 0.5) is 0 Å². The van der Waals surface area contributed by atoms with Crippen LogP contribution in [0.5, 0.6) is 0 Å². The Labute approximate surface area is 254 Å². The van der Waals surface area contributed by atoms with Gasteiger partial charge in [-0.25, -0.2) is 14.8 Å². The lowest BCUT2D eigenvalue weighted by molar-refractivity contribution is -0.131. The number of nitrogens with zero attached hydrogens (tertiary/aromatic N) is 5. The minimum Gasteiger partial charge on any atom is -0.478 e. The molecule has 5 aromatic rings. The molecule has 2 saturated carbocycles. The lowest BCUT2D eigenvalue weighted by Gasteiger charge is -2.47. The zero-order valence-corrected chi connectivity index (χ0v) is 25.5. The molecule has 2 aliphatic carbocycles. The summed E-state index contributed by atoms with van der Waals surface area (Å²) in [6, 6.07) is 12.0. The Morgan fingerprint density at radius 1 is 1.05 bits per heavy atom. The lowest BCUT2D eigenvalue weighted by Crippen LogP contribution is -2.53. The number of hydrogen-bond acceptors (Lipinski definition) is 5. The van der Waals surface area contributed by atoms with Crippen molar-refractivity contribution in [1.82, 2.24) is 24.0 Å². The Kier molecular flexibility index (Phi) is 6.73. The van der Waals surface area contributed by atoms with Crippen LogP contribution < -0.4 is 0 Å². The monoisotopic (exact) mass is 593 g/mol. The number of rotatable bonds is 7. The van der Waals surface area contributed by atoms with Crippen molar-refractivity contribution in [2.75, 3.05) is 7.05 Å². The highest BCUT2D eigenvalue weighted by Crippen LogP contribution is 2.48. The van der Waals surface area contributed by atoms with E-state index in [1.54, 1.807) is 17.4 Å². The molecule has 2 fully saturated rings. The summed E-state index contributed by atoms with van der Waals surface area (Å²) >= 11 is 1.67. The fourth-order valence-corrected chi connectivity index (χ4v) is 8.07. The Morgan fingerprint density at radius 2 is 1.84 bits per heavy atom. The summed E-state index contributed by atoms with van der Waals surface area (Å²) in [7, 11) is 6.00. The zero-order chi connectivity index (χ0) is 29.9. The molecule has 220 valence electrons. The van der Waals surface area contributed by atoms with Crippen LogP contribution >= 0.6 is 11.3 Å². The quantitative estimate of drug-likeness (QED) is 0.203. The summed E-state index contributed by atoms with van der Waals surface area (Å²) in [6.45, 7) is 0. The minimum atomic E-state index is -0.988. The van der Waals surface area contributed by atoms with E-state index >= 15 is 0 Å². The molecule has 0 saturated heterocycles. The number of aliphatic carboxylic acids is 1. The topological polar surface area (TPSA) is 93.2 Å². The lowest BCUT2D eigenvalue weighted by atomic mass is 9.74. The van der Waals surface area contributed by atoms with E-state index in [9.17, 15) is 9.59 Å². The standard InChI is InChI=1S/C34H35N5O3S/c1-37-27-20-23(11-12-24(27)29(22-7-4-5-8-22)30(37)31-35-17-18-43-31)32(42)39(3)34(15-6-16-34)33-36-25-19-21(10-14-28(40)41)9-13-26(25)38(33)2/h9-14,17-20,22H,4-8,15-16H2,1-3H3,(H,40,41)/b14-10+. The third kappa shape index (κ3) is 4.40. The maximum Gasteiger partial charge on any atom is 0.328 e. The summed E-state index contributed by atoms with van der Waals surface area (Å²) in [6.07, 6.45) is 12.2. The average molecular weight is 594 g/mol. The van der Waals surface area contributed by atoms with Gasteiger partial charge in [0, 0.05) is 55.3 Å². The Bertz CT molecular complexity index is 1910. The second-order valence-electron chi connectivity index (χ2n) is 12.0. The van der Waals surface area contributed by atoms with Crippen LogP contribution in [0.25, 0.3) is 38.7 Å². The van der Waals surface area contributed by atoms with E-state index in [-0.39, 0.29) is 5.91 Å². The molecule has 9 heteroatoms. The molecule has 3 heterocycles. The van der Waals surface area contributed by atoms with Gasteiger partial charge in [0.15, 0.2) is 0 Å². The van der Waals surface area contributed by atoms with Crippen molar-refractivity contribution in [3.8, 4) is 10.7 Å². The summed E-state index contributed by atoms with van der Waals surface area (Å²) < 4.78 is 4.32. The van der Waals surface area contributed by atoms with E-state index in [2.05, 4.69) is 33.3 Å². The second-order valence-corrected chi connectivity index (χ2v) is 12.9. The molecule has 0 unspecified atom stereocenters. The van der Waals surface area contributed by atoms with Gasteiger partial charge in [-0.05, 0) is 79.5 Å².